The molecular weight excluding hydrogens is 290 g/mol. The van der Waals surface area contributed by atoms with Crippen molar-refractivity contribution in [1.29, 1.82) is 0 Å². The highest BCUT2D eigenvalue weighted by atomic mass is 19.1. The summed E-state index contributed by atoms with van der Waals surface area (Å²) in [5.74, 6) is -2.89. The highest BCUT2D eigenvalue weighted by Gasteiger charge is 2.18. The lowest BCUT2D eigenvalue weighted by molar-refractivity contribution is -0.136. The topological polar surface area (TPSA) is 58.2 Å². The number of benzene rings is 2. The second kappa shape index (κ2) is 6.80. The van der Waals surface area contributed by atoms with Gasteiger partial charge in [0.2, 0.25) is 0 Å². The van der Waals surface area contributed by atoms with Gasteiger partial charge in [-0.2, -0.15) is 0 Å². The van der Waals surface area contributed by atoms with E-state index in [2.05, 4.69) is 10.6 Å². The Kier molecular flexibility index (Phi) is 4.83. The van der Waals surface area contributed by atoms with E-state index < -0.39 is 23.7 Å². The minimum atomic E-state index is -0.973. The van der Waals surface area contributed by atoms with Gasteiger partial charge in [0.1, 0.15) is 11.6 Å². The summed E-state index contributed by atoms with van der Waals surface area (Å²) in [6.07, 6.45) is 0. The SMILES string of the molecule is CC(NC(=O)C(=O)Nc1ccccc1F)c1ccc(F)cc1. The molecule has 0 fully saturated rings. The van der Waals surface area contributed by atoms with E-state index in [1.807, 2.05) is 0 Å². The van der Waals surface area contributed by atoms with Crippen LogP contribution in [0.2, 0.25) is 0 Å². The number of anilines is 1. The van der Waals surface area contributed by atoms with E-state index in [0.29, 0.717) is 5.56 Å². The van der Waals surface area contributed by atoms with Crippen molar-refractivity contribution < 1.29 is 18.4 Å². The molecule has 22 heavy (non-hydrogen) atoms. The molecule has 0 aliphatic heterocycles. The molecule has 0 aliphatic carbocycles. The predicted molar refractivity (Wildman–Crippen MR) is 78.0 cm³/mol. The van der Waals surface area contributed by atoms with Gasteiger partial charge < -0.3 is 10.6 Å². The van der Waals surface area contributed by atoms with Gasteiger partial charge in [0.25, 0.3) is 0 Å². The lowest BCUT2D eigenvalue weighted by atomic mass is 10.1. The van der Waals surface area contributed by atoms with Gasteiger partial charge in [-0.05, 0) is 36.8 Å². The van der Waals surface area contributed by atoms with Gasteiger partial charge in [0, 0.05) is 0 Å². The zero-order valence-corrected chi connectivity index (χ0v) is 11.8. The van der Waals surface area contributed by atoms with Crippen LogP contribution in [0, 0.1) is 11.6 Å². The number of rotatable bonds is 3. The number of hydrogen-bond acceptors (Lipinski definition) is 2. The van der Waals surface area contributed by atoms with Crippen molar-refractivity contribution in [2.45, 2.75) is 13.0 Å². The molecule has 2 amide bonds. The number of carbonyl (C=O) groups is 2. The summed E-state index contributed by atoms with van der Waals surface area (Å²) in [6, 6.07) is 10.6. The van der Waals surface area contributed by atoms with Crippen LogP contribution >= 0.6 is 0 Å². The zero-order chi connectivity index (χ0) is 16.1. The fourth-order valence-corrected chi connectivity index (χ4v) is 1.84. The fraction of sp³-hybridized carbons (Fsp3) is 0.125. The number of para-hydroxylation sites is 1. The van der Waals surface area contributed by atoms with E-state index in [9.17, 15) is 18.4 Å². The summed E-state index contributed by atoms with van der Waals surface area (Å²) in [5.41, 5.74) is 0.575. The molecular formula is C16H14F2N2O2. The van der Waals surface area contributed by atoms with Crippen LogP contribution in [0.5, 0.6) is 0 Å². The van der Waals surface area contributed by atoms with Crippen molar-refractivity contribution in [3.8, 4) is 0 Å². The van der Waals surface area contributed by atoms with Crippen LogP contribution < -0.4 is 10.6 Å². The van der Waals surface area contributed by atoms with Crippen molar-refractivity contribution >= 4 is 17.5 Å². The molecule has 2 rings (SSSR count). The van der Waals surface area contributed by atoms with Crippen molar-refractivity contribution in [2.75, 3.05) is 5.32 Å². The van der Waals surface area contributed by atoms with E-state index in [1.54, 1.807) is 6.92 Å². The van der Waals surface area contributed by atoms with Gasteiger partial charge in [-0.1, -0.05) is 24.3 Å². The standard InChI is InChI=1S/C16H14F2N2O2/c1-10(11-6-8-12(17)9-7-11)19-15(21)16(22)20-14-5-3-2-4-13(14)18/h2-10H,1H3,(H,19,21)(H,20,22). The van der Waals surface area contributed by atoms with Crippen molar-refractivity contribution in [3.05, 3.63) is 65.7 Å². The van der Waals surface area contributed by atoms with E-state index in [1.165, 1.54) is 48.5 Å². The molecule has 0 heterocycles. The molecule has 1 atom stereocenters. The molecule has 2 N–H and O–H groups in total. The minimum Gasteiger partial charge on any atom is -0.341 e. The fourth-order valence-electron chi connectivity index (χ4n) is 1.84. The summed E-state index contributed by atoms with van der Waals surface area (Å²) in [7, 11) is 0. The van der Waals surface area contributed by atoms with Crippen molar-refractivity contribution in [2.24, 2.45) is 0 Å². The number of hydrogen-bond donors (Lipinski definition) is 2. The maximum absolute atomic E-state index is 13.4. The van der Waals surface area contributed by atoms with Gasteiger partial charge in [-0.25, -0.2) is 8.78 Å². The molecule has 2 aromatic rings. The van der Waals surface area contributed by atoms with Crippen LogP contribution in [-0.4, -0.2) is 11.8 Å². The highest BCUT2D eigenvalue weighted by Crippen LogP contribution is 2.14. The Bertz CT molecular complexity index is 687. The number of nitrogens with one attached hydrogen (secondary N) is 2. The normalized spacial score (nSPS) is 11.6. The van der Waals surface area contributed by atoms with Crippen LogP contribution in [0.4, 0.5) is 14.5 Å². The molecule has 2 aromatic carbocycles. The number of amides is 2. The van der Waals surface area contributed by atoms with Crippen molar-refractivity contribution in [1.82, 2.24) is 5.32 Å². The lowest BCUT2D eigenvalue weighted by Crippen LogP contribution is -2.37. The first-order chi connectivity index (χ1) is 10.5. The maximum atomic E-state index is 13.4. The van der Waals surface area contributed by atoms with Crippen LogP contribution in [0.3, 0.4) is 0 Å². The highest BCUT2D eigenvalue weighted by molar-refractivity contribution is 6.39. The number of halogens is 2. The van der Waals surface area contributed by atoms with Crippen LogP contribution in [0.15, 0.2) is 48.5 Å². The summed E-state index contributed by atoms with van der Waals surface area (Å²) in [5, 5.41) is 4.65. The summed E-state index contributed by atoms with van der Waals surface area (Å²) in [4.78, 5) is 23.5. The quantitative estimate of drug-likeness (QED) is 0.857. The molecule has 0 aromatic heterocycles. The van der Waals surface area contributed by atoms with E-state index in [0.717, 1.165) is 0 Å². The lowest BCUT2D eigenvalue weighted by Gasteiger charge is -2.14. The van der Waals surface area contributed by atoms with Crippen LogP contribution in [0.1, 0.15) is 18.5 Å². The molecule has 0 aliphatic rings. The molecule has 6 heteroatoms. The largest absolute Gasteiger partial charge is 0.341 e. The summed E-state index contributed by atoms with van der Waals surface area (Å²) in [6.45, 7) is 1.65. The Labute approximate surface area is 126 Å². The zero-order valence-electron chi connectivity index (χ0n) is 11.8. The second-order valence-electron chi connectivity index (χ2n) is 4.68. The first kappa shape index (κ1) is 15.6. The van der Waals surface area contributed by atoms with Gasteiger partial charge in [-0.15, -0.1) is 0 Å². The van der Waals surface area contributed by atoms with Crippen molar-refractivity contribution in [3.63, 3.8) is 0 Å². The van der Waals surface area contributed by atoms with Gasteiger partial charge in [0.05, 0.1) is 11.7 Å². The third-order valence-electron chi connectivity index (χ3n) is 3.05. The predicted octanol–water partition coefficient (Wildman–Crippen LogP) is 2.78. The molecule has 0 bridgehead atoms. The molecule has 0 saturated carbocycles. The first-order valence-corrected chi connectivity index (χ1v) is 6.59. The Morgan fingerprint density at radius 1 is 0.955 bits per heavy atom. The Morgan fingerprint density at radius 3 is 2.23 bits per heavy atom. The molecule has 4 nitrogen and oxygen atoms in total. The molecule has 114 valence electrons. The van der Waals surface area contributed by atoms with E-state index in [-0.39, 0.29) is 11.5 Å². The molecule has 0 spiro atoms. The average Bonchev–Trinajstić information content (AvgIpc) is 2.50. The third kappa shape index (κ3) is 3.88. The molecule has 0 radical (unpaired) electrons. The first-order valence-electron chi connectivity index (χ1n) is 6.59. The Morgan fingerprint density at radius 2 is 1.59 bits per heavy atom. The minimum absolute atomic E-state index is 0.0721. The summed E-state index contributed by atoms with van der Waals surface area (Å²) >= 11 is 0. The Balaban J connectivity index is 1.98. The number of carbonyl (C=O) groups excluding carboxylic acids is 2. The van der Waals surface area contributed by atoms with Crippen LogP contribution in [-0.2, 0) is 9.59 Å². The van der Waals surface area contributed by atoms with Gasteiger partial charge in [-0.3, -0.25) is 9.59 Å². The van der Waals surface area contributed by atoms with Gasteiger partial charge in [0.15, 0.2) is 0 Å². The smallest absolute Gasteiger partial charge is 0.313 e. The average molecular weight is 304 g/mol. The monoisotopic (exact) mass is 304 g/mol. The van der Waals surface area contributed by atoms with Gasteiger partial charge >= 0.3 is 11.8 Å². The molecule has 0 saturated heterocycles. The summed E-state index contributed by atoms with van der Waals surface area (Å²) < 4.78 is 26.2. The molecule has 1 unspecified atom stereocenters. The second-order valence-corrected chi connectivity index (χ2v) is 4.68. The third-order valence-corrected chi connectivity index (χ3v) is 3.05. The van der Waals surface area contributed by atoms with Crippen LogP contribution in [0.25, 0.3) is 0 Å². The Hall–Kier alpha value is -2.76. The maximum Gasteiger partial charge on any atom is 0.313 e. The van der Waals surface area contributed by atoms with E-state index >= 15 is 0 Å². The van der Waals surface area contributed by atoms with E-state index in [4.69, 9.17) is 0 Å².